The van der Waals surface area contributed by atoms with Crippen molar-refractivity contribution in [3.05, 3.63) is 58.1 Å². The van der Waals surface area contributed by atoms with E-state index < -0.39 is 0 Å². The van der Waals surface area contributed by atoms with E-state index in [0.717, 1.165) is 36.1 Å². The zero-order valence-corrected chi connectivity index (χ0v) is 19.2. The third-order valence-electron chi connectivity index (χ3n) is 6.11. The molecule has 0 radical (unpaired) electrons. The molecule has 1 saturated heterocycles. The first-order chi connectivity index (χ1) is 14.8. The van der Waals surface area contributed by atoms with Crippen LogP contribution in [0.1, 0.15) is 66.8 Å². The lowest BCUT2D eigenvalue weighted by atomic mass is 9.93. The third-order valence-corrected chi connectivity index (χ3v) is 6.11. The van der Waals surface area contributed by atoms with Crippen LogP contribution in [-0.4, -0.2) is 36.9 Å². The molecule has 3 N–H and O–H groups in total. The number of benzene rings is 2. The van der Waals surface area contributed by atoms with Crippen molar-refractivity contribution in [2.45, 2.75) is 65.3 Å². The van der Waals surface area contributed by atoms with Gasteiger partial charge in [0.05, 0.1) is 6.54 Å². The van der Waals surface area contributed by atoms with Crippen LogP contribution < -0.4 is 10.1 Å². The number of ether oxygens (including phenoxy) is 2. The van der Waals surface area contributed by atoms with E-state index in [2.05, 4.69) is 39.1 Å². The lowest BCUT2D eigenvalue weighted by Gasteiger charge is -2.19. The first-order valence-electron chi connectivity index (χ1n) is 11.4. The molecule has 0 amide bonds. The van der Waals surface area contributed by atoms with Crippen LogP contribution in [0.15, 0.2) is 30.3 Å². The van der Waals surface area contributed by atoms with Crippen molar-refractivity contribution in [1.82, 2.24) is 0 Å². The van der Waals surface area contributed by atoms with E-state index in [1.807, 2.05) is 18.2 Å². The number of piperidine rings is 1. The van der Waals surface area contributed by atoms with Gasteiger partial charge in [-0.1, -0.05) is 26.0 Å². The fourth-order valence-corrected chi connectivity index (χ4v) is 4.25. The van der Waals surface area contributed by atoms with Gasteiger partial charge < -0.3 is 19.9 Å². The van der Waals surface area contributed by atoms with Crippen LogP contribution >= 0.6 is 0 Å². The predicted octanol–water partition coefficient (Wildman–Crippen LogP) is 3.76. The third kappa shape index (κ3) is 6.47. The van der Waals surface area contributed by atoms with Gasteiger partial charge >= 0.3 is 5.97 Å². The molecule has 0 bridgehead atoms. The fourth-order valence-electron chi connectivity index (χ4n) is 4.25. The molecule has 1 aliphatic heterocycles. The van der Waals surface area contributed by atoms with E-state index in [1.54, 1.807) is 6.07 Å². The quantitative estimate of drug-likeness (QED) is 0.631. The molecular formula is C26H36NO4+. The summed E-state index contributed by atoms with van der Waals surface area (Å²) >= 11 is 0. The van der Waals surface area contributed by atoms with Gasteiger partial charge in [-0.3, -0.25) is 0 Å². The summed E-state index contributed by atoms with van der Waals surface area (Å²) in [5.74, 6) is 0.995. The van der Waals surface area contributed by atoms with Gasteiger partial charge in [0.2, 0.25) is 0 Å². The topological polar surface area (TPSA) is 72.4 Å². The van der Waals surface area contributed by atoms with Crippen molar-refractivity contribution >= 4 is 5.97 Å². The van der Waals surface area contributed by atoms with Gasteiger partial charge in [-0.25, -0.2) is 4.79 Å². The molecule has 5 heteroatoms. The molecule has 0 aliphatic carbocycles. The van der Waals surface area contributed by atoms with Crippen molar-refractivity contribution < 1.29 is 24.7 Å². The van der Waals surface area contributed by atoms with E-state index >= 15 is 0 Å². The maximum Gasteiger partial charge on any atom is 0.344 e. The monoisotopic (exact) mass is 426 g/mol. The van der Waals surface area contributed by atoms with Crippen LogP contribution in [0.4, 0.5) is 0 Å². The lowest BCUT2D eigenvalue weighted by Crippen LogP contribution is -2.92. The van der Waals surface area contributed by atoms with Gasteiger partial charge in [0.15, 0.2) is 6.61 Å². The van der Waals surface area contributed by atoms with Crippen molar-refractivity contribution in [2.75, 3.05) is 19.8 Å². The Morgan fingerprint density at radius 2 is 1.90 bits per heavy atom. The highest BCUT2D eigenvalue weighted by Gasteiger charge is 2.18. The van der Waals surface area contributed by atoms with Crippen LogP contribution in [0.25, 0.3) is 0 Å². The standard InChI is InChI=1S/C26H35NO4/c1-17(2)23-13-20(8-9-25(23)28)14-24-18(3)11-22(12-19(24)4)30-16-26(29)31-15-21-7-5-6-10-27-21/h8-9,11-13,17,21,27-28H,5-7,10,14-16H2,1-4H3/p+1. The zero-order chi connectivity index (χ0) is 22.4. The number of hydrogen-bond donors (Lipinski definition) is 2. The van der Waals surface area contributed by atoms with E-state index in [4.69, 9.17) is 9.47 Å². The van der Waals surface area contributed by atoms with Crippen molar-refractivity contribution in [1.29, 1.82) is 0 Å². The van der Waals surface area contributed by atoms with Crippen molar-refractivity contribution in [2.24, 2.45) is 0 Å². The molecule has 2 aromatic rings. The van der Waals surface area contributed by atoms with E-state index in [0.29, 0.717) is 24.1 Å². The molecule has 1 aliphatic rings. The highest BCUT2D eigenvalue weighted by molar-refractivity contribution is 5.71. The summed E-state index contributed by atoms with van der Waals surface area (Å²) in [6.45, 7) is 9.81. The van der Waals surface area contributed by atoms with E-state index in [9.17, 15) is 9.90 Å². The summed E-state index contributed by atoms with van der Waals surface area (Å²) in [6.07, 6.45) is 4.35. The van der Waals surface area contributed by atoms with Crippen LogP contribution in [0.3, 0.4) is 0 Å². The molecule has 1 unspecified atom stereocenters. The molecule has 0 spiro atoms. The zero-order valence-electron chi connectivity index (χ0n) is 19.2. The Balaban J connectivity index is 1.58. The summed E-state index contributed by atoms with van der Waals surface area (Å²) < 4.78 is 11.1. The molecule has 0 aromatic heterocycles. The van der Waals surface area contributed by atoms with Crippen LogP contribution in [0.2, 0.25) is 0 Å². The highest BCUT2D eigenvalue weighted by Crippen LogP contribution is 2.29. The molecule has 1 fully saturated rings. The Hall–Kier alpha value is -2.53. The smallest absolute Gasteiger partial charge is 0.344 e. The maximum absolute atomic E-state index is 12.1. The average Bonchev–Trinajstić information content (AvgIpc) is 2.75. The molecule has 31 heavy (non-hydrogen) atoms. The number of esters is 1. The normalized spacial score (nSPS) is 16.4. The first kappa shape index (κ1) is 23.1. The predicted molar refractivity (Wildman–Crippen MR) is 122 cm³/mol. The average molecular weight is 427 g/mol. The molecule has 3 rings (SSSR count). The number of rotatable bonds is 8. The Kier molecular flexibility index (Phi) is 7.97. The second-order valence-electron chi connectivity index (χ2n) is 9.01. The minimum absolute atomic E-state index is 0.0688. The van der Waals surface area contributed by atoms with Gasteiger partial charge in [-0.15, -0.1) is 0 Å². The molecule has 1 atom stereocenters. The number of hydrogen-bond acceptors (Lipinski definition) is 4. The lowest BCUT2D eigenvalue weighted by molar-refractivity contribution is -0.698. The molecule has 0 saturated carbocycles. The molecule has 168 valence electrons. The number of phenols is 1. The van der Waals surface area contributed by atoms with Crippen molar-refractivity contribution in [3.8, 4) is 11.5 Å². The number of carbonyl (C=O) groups excluding carboxylic acids is 1. The largest absolute Gasteiger partial charge is 0.508 e. The SMILES string of the molecule is Cc1cc(OCC(=O)OCC2CCCC[NH2+]2)cc(C)c1Cc1ccc(O)c(C(C)C)c1. The summed E-state index contributed by atoms with van der Waals surface area (Å²) in [7, 11) is 0. The maximum atomic E-state index is 12.1. The summed E-state index contributed by atoms with van der Waals surface area (Å²) in [4.78, 5) is 12.1. The van der Waals surface area contributed by atoms with Crippen molar-refractivity contribution in [3.63, 3.8) is 0 Å². The Morgan fingerprint density at radius 1 is 1.16 bits per heavy atom. The van der Waals surface area contributed by atoms with Crippen LogP contribution in [0, 0.1) is 13.8 Å². The van der Waals surface area contributed by atoms with Gasteiger partial charge in [0.1, 0.15) is 24.1 Å². The van der Waals surface area contributed by atoms with Gasteiger partial charge in [-0.05, 0) is 85.0 Å². The number of quaternary nitrogens is 1. The molecule has 5 nitrogen and oxygen atoms in total. The Morgan fingerprint density at radius 3 is 2.55 bits per heavy atom. The van der Waals surface area contributed by atoms with Crippen LogP contribution in [-0.2, 0) is 16.0 Å². The molecular weight excluding hydrogens is 390 g/mol. The second-order valence-corrected chi connectivity index (χ2v) is 9.01. The first-order valence-corrected chi connectivity index (χ1v) is 11.4. The minimum atomic E-state index is -0.316. The Labute approximate surface area is 185 Å². The fraction of sp³-hybridized carbons (Fsp3) is 0.500. The summed E-state index contributed by atoms with van der Waals surface area (Å²) in [6, 6.07) is 10.2. The molecule has 1 heterocycles. The number of aromatic hydroxyl groups is 1. The number of phenolic OH excluding ortho intramolecular Hbond substituents is 1. The van der Waals surface area contributed by atoms with Crippen LogP contribution in [0.5, 0.6) is 11.5 Å². The highest BCUT2D eigenvalue weighted by atomic mass is 16.6. The minimum Gasteiger partial charge on any atom is -0.508 e. The van der Waals surface area contributed by atoms with E-state index in [-0.39, 0.29) is 18.5 Å². The summed E-state index contributed by atoms with van der Waals surface area (Å²) in [5.41, 5.74) is 5.63. The number of carbonyl (C=O) groups is 1. The van der Waals surface area contributed by atoms with Gasteiger partial charge in [0.25, 0.3) is 0 Å². The van der Waals surface area contributed by atoms with E-state index in [1.165, 1.54) is 24.0 Å². The second kappa shape index (κ2) is 10.7. The van der Waals surface area contributed by atoms with Gasteiger partial charge in [0, 0.05) is 6.42 Å². The Bertz CT molecular complexity index is 877. The molecule has 2 aromatic carbocycles. The number of nitrogens with two attached hydrogens (primary N) is 1. The van der Waals surface area contributed by atoms with Gasteiger partial charge in [-0.2, -0.15) is 0 Å². The number of aryl methyl sites for hydroxylation is 2. The summed E-state index contributed by atoms with van der Waals surface area (Å²) in [5, 5.41) is 12.3.